The third kappa shape index (κ3) is 4.17. The summed E-state index contributed by atoms with van der Waals surface area (Å²) in [5.41, 5.74) is 6.46. The van der Waals surface area contributed by atoms with Gasteiger partial charge in [0.1, 0.15) is 6.04 Å². The number of primary amides is 1. The molecule has 0 bridgehead atoms. The summed E-state index contributed by atoms with van der Waals surface area (Å²) in [6.07, 6.45) is 1.96. The van der Waals surface area contributed by atoms with Crippen LogP contribution in [0.15, 0.2) is 59.5 Å². The van der Waals surface area contributed by atoms with Gasteiger partial charge in [0.05, 0.1) is 5.92 Å². The third-order valence-electron chi connectivity index (χ3n) is 5.04. The van der Waals surface area contributed by atoms with Crippen LogP contribution in [-0.2, 0) is 9.59 Å². The van der Waals surface area contributed by atoms with Gasteiger partial charge in [-0.3, -0.25) is 14.4 Å². The molecule has 0 radical (unpaired) electrons. The summed E-state index contributed by atoms with van der Waals surface area (Å²) < 4.78 is 1.34. The average molecular weight is 412 g/mol. The predicted molar refractivity (Wildman–Crippen MR) is 115 cm³/mol. The normalized spacial score (nSPS) is 13.1. The fraction of sp³-hybridized carbons (Fsp3) is 0.227. The summed E-state index contributed by atoms with van der Waals surface area (Å²) in [5, 5.41) is 4.51. The predicted octanol–water partition coefficient (Wildman–Crippen LogP) is 3.83. The number of hydrogen-bond donors (Lipinski definition) is 2. The molecular formula is C22H22ClN3O3. The Bertz CT molecular complexity index is 1120. The highest BCUT2D eigenvalue weighted by Gasteiger charge is 2.19. The molecule has 0 fully saturated rings. The quantitative estimate of drug-likeness (QED) is 0.645. The molecule has 0 saturated heterocycles. The standard InChI is InChI=1S/C22H22ClN3O3/c1-3-19(20(24)27)26-12-11-16-17(22(26)29)5-4-6-18(16)25-21(28)13(2)14-7-9-15(23)10-8-14/h4-13,19H,3H2,1-2H3,(H2,24,27)(H,25,28)/t13?,19-/m1/s1. The van der Waals surface area contributed by atoms with Crippen LogP contribution in [0.3, 0.4) is 0 Å². The van der Waals surface area contributed by atoms with Crippen molar-refractivity contribution >= 4 is 39.9 Å². The van der Waals surface area contributed by atoms with E-state index in [2.05, 4.69) is 5.32 Å². The molecule has 0 saturated carbocycles. The Morgan fingerprint density at radius 2 is 1.79 bits per heavy atom. The second-order valence-electron chi connectivity index (χ2n) is 6.88. The van der Waals surface area contributed by atoms with Crippen molar-refractivity contribution in [2.75, 3.05) is 5.32 Å². The van der Waals surface area contributed by atoms with E-state index in [1.807, 2.05) is 12.1 Å². The number of nitrogens with two attached hydrogens (primary N) is 1. The monoisotopic (exact) mass is 411 g/mol. The van der Waals surface area contributed by atoms with Crippen molar-refractivity contribution in [2.45, 2.75) is 32.2 Å². The van der Waals surface area contributed by atoms with Crippen LogP contribution in [-0.4, -0.2) is 16.4 Å². The van der Waals surface area contributed by atoms with E-state index in [1.54, 1.807) is 56.4 Å². The Balaban J connectivity index is 1.95. The minimum Gasteiger partial charge on any atom is -0.368 e. The lowest BCUT2D eigenvalue weighted by atomic mass is 10.00. The van der Waals surface area contributed by atoms with Crippen LogP contribution in [0.25, 0.3) is 10.8 Å². The van der Waals surface area contributed by atoms with Crippen LogP contribution >= 0.6 is 11.6 Å². The summed E-state index contributed by atoms with van der Waals surface area (Å²) in [5.74, 6) is -1.16. The summed E-state index contributed by atoms with van der Waals surface area (Å²) >= 11 is 5.91. The average Bonchev–Trinajstić information content (AvgIpc) is 2.70. The number of carbonyl (C=O) groups is 2. The van der Waals surface area contributed by atoms with Crippen molar-refractivity contribution in [1.82, 2.24) is 4.57 Å². The molecule has 7 heteroatoms. The zero-order chi connectivity index (χ0) is 21.1. The number of fused-ring (bicyclic) bond motifs is 1. The van der Waals surface area contributed by atoms with Gasteiger partial charge in [-0.2, -0.15) is 0 Å². The molecular weight excluding hydrogens is 390 g/mol. The Kier molecular flexibility index (Phi) is 6.03. The van der Waals surface area contributed by atoms with Crippen molar-refractivity contribution in [3.8, 4) is 0 Å². The van der Waals surface area contributed by atoms with Gasteiger partial charge in [0.25, 0.3) is 5.56 Å². The first-order valence-corrected chi connectivity index (χ1v) is 9.70. The molecule has 0 aliphatic heterocycles. The Hall–Kier alpha value is -3.12. The largest absolute Gasteiger partial charge is 0.368 e. The zero-order valence-corrected chi connectivity index (χ0v) is 16.9. The fourth-order valence-corrected chi connectivity index (χ4v) is 3.45. The number of rotatable bonds is 6. The molecule has 3 rings (SSSR count). The summed E-state index contributed by atoms with van der Waals surface area (Å²) in [6.45, 7) is 3.59. The van der Waals surface area contributed by atoms with Crippen LogP contribution in [0.5, 0.6) is 0 Å². The van der Waals surface area contributed by atoms with E-state index < -0.39 is 17.9 Å². The number of anilines is 1. The number of carbonyl (C=O) groups excluding carboxylic acids is 2. The summed E-state index contributed by atoms with van der Waals surface area (Å²) in [6, 6.07) is 13.2. The SMILES string of the molecule is CC[C@H](C(N)=O)n1ccc2c(NC(=O)C(C)c3ccc(Cl)cc3)cccc2c1=O. The lowest BCUT2D eigenvalue weighted by molar-refractivity contribution is -0.121. The summed E-state index contributed by atoms with van der Waals surface area (Å²) in [4.78, 5) is 37.3. The van der Waals surface area contributed by atoms with Gasteiger partial charge in [-0.1, -0.05) is 36.7 Å². The fourth-order valence-electron chi connectivity index (χ4n) is 3.33. The number of nitrogens with zero attached hydrogens (tertiary/aromatic N) is 1. The molecule has 150 valence electrons. The number of benzene rings is 2. The number of aromatic nitrogens is 1. The van der Waals surface area contributed by atoms with E-state index in [-0.39, 0.29) is 11.5 Å². The minimum absolute atomic E-state index is 0.201. The van der Waals surface area contributed by atoms with Crippen LogP contribution < -0.4 is 16.6 Å². The van der Waals surface area contributed by atoms with Gasteiger partial charge in [-0.05, 0) is 49.2 Å². The second-order valence-corrected chi connectivity index (χ2v) is 7.32. The Labute approximate surface area is 173 Å². The van der Waals surface area contributed by atoms with Crippen LogP contribution in [0.1, 0.15) is 37.8 Å². The highest BCUT2D eigenvalue weighted by atomic mass is 35.5. The molecule has 1 aromatic heterocycles. The molecule has 29 heavy (non-hydrogen) atoms. The van der Waals surface area contributed by atoms with Gasteiger partial charge in [-0.15, -0.1) is 0 Å². The van der Waals surface area contributed by atoms with Crippen molar-refractivity contribution in [1.29, 1.82) is 0 Å². The van der Waals surface area contributed by atoms with Gasteiger partial charge in [0.2, 0.25) is 11.8 Å². The van der Waals surface area contributed by atoms with Crippen LogP contribution in [0, 0.1) is 0 Å². The van der Waals surface area contributed by atoms with Crippen molar-refractivity contribution in [3.05, 3.63) is 75.7 Å². The van der Waals surface area contributed by atoms with E-state index in [9.17, 15) is 14.4 Å². The van der Waals surface area contributed by atoms with Crippen molar-refractivity contribution in [2.24, 2.45) is 5.73 Å². The van der Waals surface area contributed by atoms with E-state index >= 15 is 0 Å². The molecule has 0 aliphatic rings. The lowest BCUT2D eigenvalue weighted by Crippen LogP contribution is -2.33. The summed E-state index contributed by atoms with van der Waals surface area (Å²) in [7, 11) is 0. The van der Waals surface area contributed by atoms with Crippen molar-refractivity contribution < 1.29 is 9.59 Å². The third-order valence-corrected chi connectivity index (χ3v) is 5.30. The number of amides is 2. The van der Waals surface area contributed by atoms with Gasteiger partial charge >= 0.3 is 0 Å². The van der Waals surface area contributed by atoms with E-state index in [4.69, 9.17) is 17.3 Å². The molecule has 0 spiro atoms. The van der Waals surface area contributed by atoms with Gasteiger partial charge < -0.3 is 15.6 Å². The first-order chi connectivity index (χ1) is 13.8. The Morgan fingerprint density at radius 1 is 1.10 bits per heavy atom. The molecule has 1 unspecified atom stereocenters. The van der Waals surface area contributed by atoms with Crippen LogP contribution in [0.2, 0.25) is 5.02 Å². The molecule has 3 aromatic rings. The second kappa shape index (κ2) is 8.49. The van der Waals surface area contributed by atoms with E-state index in [0.29, 0.717) is 27.9 Å². The van der Waals surface area contributed by atoms with Gasteiger partial charge in [0.15, 0.2) is 0 Å². The maximum Gasteiger partial charge on any atom is 0.259 e. The molecule has 6 nitrogen and oxygen atoms in total. The molecule has 2 aromatic carbocycles. The highest BCUT2D eigenvalue weighted by Crippen LogP contribution is 2.25. The molecule has 0 aliphatic carbocycles. The maximum atomic E-state index is 12.9. The topological polar surface area (TPSA) is 94.2 Å². The number of pyridine rings is 1. The minimum atomic E-state index is -0.713. The lowest BCUT2D eigenvalue weighted by Gasteiger charge is -2.17. The van der Waals surface area contributed by atoms with Crippen LogP contribution in [0.4, 0.5) is 5.69 Å². The number of hydrogen-bond acceptors (Lipinski definition) is 3. The number of halogens is 1. The maximum absolute atomic E-state index is 12.9. The van der Waals surface area contributed by atoms with E-state index in [0.717, 1.165) is 5.56 Å². The molecule has 1 heterocycles. The zero-order valence-electron chi connectivity index (χ0n) is 16.2. The van der Waals surface area contributed by atoms with Gasteiger partial charge in [-0.25, -0.2) is 0 Å². The molecule has 2 amide bonds. The number of nitrogens with one attached hydrogen (secondary N) is 1. The van der Waals surface area contributed by atoms with Crippen molar-refractivity contribution in [3.63, 3.8) is 0 Å². The highest BCUT2D eigenvalue weighted by molar-refractivity contribution is 6.30. The molecule has 3 N–H and O–H groups in total. The Morgan fingerprint density at radius 3 is 2.41 bits per heavy atom. The smallest absolute Gasteiger partial charge is 0.259 e. The molecule has 2 atom stereocenters. The first-order valence-electron chi connectivity index (χ1n) is 9.33. The van der Waals surface area contributed by atoms with E-state index in [1.165, 1.54) is 4.57 Å². The first kappa shape index (κ1) is 20.6. The van der Waals surface area contributed by atoms with Gasteiger partial charge in [0, 0.05) is 27.7 Å².